The number of carbonyl (C=O) groups excluding carboxylic acids is 1. The van der Waals surface area contributed by atoms with Gasteiger partial charge in [0, 0.05) is 24.3 Å². The number of methoxy groups -OCH3 is 1. The van der Waals surface area contributed by atoms with Crippen LogP contribution in [0.15, 0.2) is 60.8 Å². The summed E-state index contributed by atoms with van der Waals surface area (Å²) in [5, 5.41) is 7.67. The number of ether oxygens (including phenoxy) is 1. The average molecular weight is 413 g/mol. The Kier molecular flexibility index (Phi) is 6.56. The Balaban J connectivity index is 0.00000240. The van der Waals surface area contributed by atoms with Crippen LogP contribution >= 0.6 is 12.4 Å². The molecule has 0 aliphatic heterocycles. The predicted molar refractivity (Wildman–Crippen MR) is 116 cm³/mol. The van der Waals surface area contributed by atoms with Crippen LogP contribution in [0.5, 0.6) is 5.75 Å². The summed E-state index contributed by atoms with van der Waals surface area (Å²) in [4.78, 5) is 12.9. The van der Waals surface area contributed by atoms with Crippen LogP contribution in [0.25, 0.3) is 16.9 Å². The van der Waals surface area contributed by atoms with Crippen LogP contribution in [0.1, 0.15) is 23.2 Å². The smallest absolute Gasteiger partial charge is 0.255 e. The molecule has 6 nitrogen and oxygen atoms in total. The first-order chi connectivity index (χ1) is 13.7. The lowest BCUT2D eigenvalue weighted by Gasteiger charge is -2.11. The summed E-state index contributed by atoms with van der Waals surface area (Å²) in [6.07, 6.45) is 4.07. The molecule has 3 N–H and O–H groups in total. The molecule has 1 atom stereocenters. The fourth-order valence-electron chi connectivity index (χ4n) is 3.23. The van der Waals surface area contributed by atoms with Gasteiger partial charge in [-0.1, -0.05) is 30.3 Å². The van der Waals surface area contributed by atoms with Crippen molar-refractivity contribution in [1.29, 1.82) is 0 Å². The first kappa shape index (κ1) is 20.9. The van der Waals surface area contributed by atoms with Crippen molar-refractivity contribution in [3.63, 3.8) is 0 Å². The second kappa shape index (κ2) is 9.11. The van der Waals surface area contributed by atoms with Crippen molar-refractivity contribution < 1.29 is 9.53 Å². The molecular weight excluding hydrogens is 388 g/mol. The molecule has 1 aliphatic carbocycles. The zero-order valence-corrected chi connectivity index (χ0v) is 17.1. The van der Waals surface area contributed by atoms with Gasteiger partial charge in [-0.2, -0.15) is 5.10 Å². The summed E-state index contributed by atoms with van der Waals surface area (Å²) in [6, 6.07) is 17.3. The first-order valence-corrected chi connectivity index (χ1v) is 9.49. The minimum absolute atomic E-state index is 0. The Hall–Kier alpha value is -2.83. The van der Waals surface area contributed by atoms with Crippen molar-refractivity contribution in [3.05, 3.63) is 66.4 Å². The third kappa shape index (κ3) is 4.78. The van der Waals surface area contributed by atoms with Gasteiger partial charge in [0.05, 0.1) is 18.4 Å². The number of rotatable bonds is 7. The average Bonchev–Trinajstić information content (AvgIpc) is 3.50. The molecule has 1 fully saturated rings. The van der Waals surface area contributed by atoms with E-state index in [1.165, 1.54) is 0 Å². The van der Waals surface area contributed by atoms with E-state index < -0.39 is 0 Å². The zero-order chi connectivity index (χ0) is 19.5. The molecule has 7 heteroatoms. The molecular formula is C22H25ClN4O2. The summed E-state index contributed by atoms with van der Waals surface area (Å²) in [5.41, 5.74) is 8.98. The van der Waals surface area contributed by atoms with Crippen LogP contribution < -0.4 is 15.8 Å². The van der Waals surface area contributed by atoms with Gasteiger partial charge in [0.2, 0.25) is 0 Å². The fraction of sp³-hybridized carbons (Fsp3) is 0.273. The summed E-state index contributed by atoms with van der Waals surface area (Å²) >= 11 is 0. The molecule has 1 aromatic heterocycles. The van der Waals surface area contributed by atoms with Gasteiger partial charge in [0.1, 0.15) is 11.4 Å². The summed E-state index contributed by atoms with van der Waals surface area (Å²) in [5.74, 6) is 1.08. The number of benzene rings is 2. The highest BCUT2D eigenvalue weighted by Crippen LogP contribution is 2.31. The quantitative estimate of drug-likeness (QED) is 0.622. The second-order valence-corrected chi connectivity index (χ2v) is 7.11. The Labute approximate surface area is 176 Å². The SMILES string of the molecule is COc1cccc(-c2nn(-c3ccccc3)cc2C(=O)NCC(N)C2CC2)c1.Cl. The van der Waals surface area contributed by atoms with Crippen LogP contribution in [0.2, 0.25) is 0 Å². The highest BCUT2D eigenvalue weighted by atomic mass is 35.5. The number of hydrogen-bond acceptors (Lipinski definition) is 4. The number of nitrogens with zero attached hydrogens (tertiary/aromatic N) is 2. The number of halogens is 1. The molecule has 1 saturated carbocycles. The number of hydrogen-bond donors (Lipinski definition) is 2. The lowest BCUT2D eigenvalue weighted by molar-refractivity contribution is 0.0951. The van der Waals surface area contributed by atoms with E-state index in [4.69, 9.17) is 15.6 Å². The fourth-order valence-corrected chi connectivity index (χ4v) is 3.23. The van der Waals surface area contributed by atoms with Crippen LogP contribution in [0, 0.1) is 5.92 Å². The van der Waals surface area contributed by atoms with E-state index in [1.807, 2.05) is 54.6 Å². The zero-order valence-electron chi connectivity index (χ0n) is 16.2. The van der Waals surface area contributed by atoms with E-state index >= 15 is 0 Å². The largest absolute Gasteiger partial charge is 0.497 e. The molecule has 1 aliphatic rings. The lowest BCUT2D eigenvalue weighted by atomic mass is 10.1. The van der Waals surface area contributed by atoms with Gasteiger partial charge in [0.25, 0.3) is 5.91 Å². The van der Waals surface area contributed by atoms with Crippen molar-refractivity contribution in [2.24, 2.45) is 11.7 Å². The second-order valence-electron chi connectivity index (χ2n) is 7.11. The van der Waals surface area contributed by atoms with Gasteiger partial charge in [0.15, 0.2) is 0 Å². The summed E-state index contributed by atoms with van der Waals surface area (Å²) < 4.78 is 7.06. The maximum Gasteiger partial charge on any atom is 0.255 e. The monoisotopic (exact) mass is 412 g/mol. The van der Waals surface area contributed by atoms with E-state index in [0.29, 0.717) is 29.5 Å². The molecule has 1 heterocycles. The standard InChI is InChI=1S/C22H24N4O2.ClH/c1-28-18-9-5-6-16(12-18)21-19(22(27)24-13-20(23)15-10-11-15)14-26(25-21)17-7-3-2-4-8-17;/h2-9,12,14-15,20H,10-11,13,23H2,1H3,(H,24,27);1H. The number of carbonyl (C=O) groups is 1. The maximum atomic E-state index is 12.9. The Morgan fingerprint density at radius 1 is 1.24 bits per heavy atom. The van der Waals surface area contributed by atoms with E-state index in [2.05, 4.69) is 5.32 Å². The van der Waals surface area contributed by atoms with Gasteiger partial charge in [-0.3, -0.25) is 4.79 Å². The molecule has 29 heavy (non-hydrogen) atoms. The Bertz CT molecular complexity index is 970. The maximum absolute atomic E-state index is 12.9. The third-order valence-corrected chi connectivity index (χ3v) is 5.05. The normalized spacial score (nSPS) is 14.0. The Morgan fingerprint density at radius 3 is 2.69 bits per heavy atom. The van der Waals surface area contributed by atoms with E-state index in [1.54, 1.807) is 18.0 Å². The van der Waals surface area contributed by atoms with Crippen LogP contribution in [0.4, 0.5) is 0 Å². The van der Waals surface area contributed by atoms with Gasteiger partial charge in [-0.25, -0.2) is 4.68 Å². The van der Waals surface area contributed by atoms with Crippen LogP contribution in [-0.4, -0.2) is 35.4 Å². The molecule has 0 spiro atoms. The molecule has 3 aromatic rings. The molecule has 0 bridgehead atoms. The van der Waals surface area contributed by atoms with Crippen molar-refractivity contribution in [3.8, 4) is 22.7 Å². The van der Waals surface area contributed by atoms with Gasteiger partial charge >= 0.3 is 0 Å². The lowest BCUT2D eigenvalue weighted by Crippen LogP contribution is -2.38. The van der Waals surface area contributed by atoms with E-state index in [9.17, 15) is 4.79 Å². The number of nitrogens with two attached hydrogens (primary N) is 1. The van der Waals surface area contributed by atoms with Gasteiger partial charge in [-0.15, -0.1) is 12.4 Å². The van der Waals surface area contributed by atoms with Crippen molar-refractivity contribution in [2.75, 3.05) is 13.7 Å². The third-order valence-electron chi connectivity index (χ3n) is 5.05. The van der Waals surface area contributed by atoms with E-state index in [-0.39, 0.29) is 24.4 Å². The predicted octanol–water partition coefficient (Wildman–Crippen LogP) is 3.44. The van der Waals surface area contributed by atoms with E-state index in [0.717, 1.165) is 24.1 Å². The molecule has 1 amide bonds. The number of aromatic nitrogens is 2. The van der Waals surface area contributed by atoms with Crippen molar-refractivity contribution >= 4 is 18.3 Å². The minimum atomic E-state index is -0.170. The Morgan fingerprint density at radius 2 is 2.00 bits per heavy atom. The van der Waals surface area contributed by atoms with Gasteiger partial charge < -0.3 is 15.8 Å². The highest BCUT2D eigenvalue weighted by molar-refractivity contribution is 6.00. The van der Waals surface area contributed by atoms with Gasteiger partial charge in [-0.05, 0) is 43.0 Å². The topological polar surface area (TPSA) is 82.2 Å². The molecule has 4 rings (SSSR count). The molecule has 152 valence electrons. The molecule has 2 aromatic carbocycles. The minimum Gasteiger partial charge on any atom is -0.497 e. The summed E-state index contributed by atoms with van der Waals surface area (Å²) in [6.45, 7) is 0.470. The number of para-hydroxylation sites is 1. The van der Waals surface area contributed by atoms with Crippen LogP contribution in [0.3, 0.4) is 0 Å². The first-order valence-electron chi connectivity index (χ1n) is 9.49. The summed E-state index contributed by atoms with van der Waals surface area (Å²) in [7, 11) is 1.62. The molecule has 1 unspecified atom stereocenters. The highest BCUT2D eigenvalue weighted by Gasteiger charge is 2.29. The molecule has 0 radical (unpaired) electrons. The van der Waals surface area contributed by atoms with Crippen LogP contribution in [-0.2, 0) is 0 Å². The van der Waals surface area contributed by atoms with Crippen molar-refractivity contribution in [1.82, 2.24) is 15.1 Å². The van der Waals surface area contributed by atoms with Crippen molar-refractivity contribution in [2.45, 2.75) is 18.9 Å². The molecule has 0 saturated heterocycles. The number of nitrogens with one attached hydrogen (secondary N) is 1. The number of amides is 1.